The number of rotatable bonds is 3. The van der Waals surface area contributed by atoms with E-state index in [4.69, 9.17) is 15.8 Å². The summed E-state index contributed by atoms with van der Waals surface area (Å²) >= 11 is -2.90. The van der Waals surface area contributed by atoms with Gasteiger partial charge in [0, 0.05) is 51.4 Å². The van der Waals surface area contributed by atoms with Gasteiger partial charge < -0.3 is 0 Å². The van der Waals surface area contributed by atoms with E-state index in [1.54, 1.807) is 0 Å². The maximum Gasteiger partial charge on any atom is 0 e. The predicted octanol–water partition coefficient (Wildman–Crippen LogP) is -0.538. The summed E-state index contributed by atoms with van der Waals surface area (Å²) in [6.07, 6.45) is 3.75. The van der Waals surface area contributed by atoms with Crippen molar-refractivity contribution in [1.29, 1.82) is 15.8 Å². The van der Waals surface area contributed by atoms with Crippen LogP contribution in [0.2, 0.25) is 0 Å². The maximum absolute atomic E-state index is 7.88. The zero-order chi connectivity index (χ0) is 7.82. The van der Waals surface area contributed by atoms with Crippen molar-refractivity contribution in [1.82, 2.24) is 0 Å². The first-order chi connectivity index (χ1) is 4.85. The Morgan fingerprint density at radius 2 is 1.09 bits per heavy atom. The molecule has 0 aromatic rings. The van der Waals surface area contributed by atoms with E-state index >= 15 is 0 Å². The third-order valence-electron chi connectivity index (χ3n) is 0.233. The van der Waals surface area contributed by atoms with Gasteiger partial charge in [-0.05, 0) is 0 Å². The zero-order valence-corrected chi connectivity index (χ0v) is 10.7. The van der Waals surface area contributed by atoms with E-state index in [2.05, 4.69) is 9.73 Å². The van der Waals surface area contributed by atoms with Gasteiger partial charge in [0.25, 0.3) is 0 Å². The van der Waals surface area contributed by atoms with Gasteiger partial charge in [-0.2, -0.15) is 0 Å². The Morgan fingerprint density at radius 3 is 1.27 bits per heavy atom. The van der Waals surface area contributed by atoms with Crippen molar-refractivity contribution in [2.24, 2.45) is 0 Å². The third kappa shape index (κ3) is 8.15. The minimum atomic E-state index is -2.90. The molecule has 0 aliphatic rings. The van der Waals surface area contributed by atoms with Crippen LogP contribution in [-0.2, 0) is 29.4 Å². The van der Waals surface area contributed by atoms with Crippen molar-refractivity contribution >= 4 is 51.4 Å². The molecular weight excluding hydrogens is 362 g/mol. The van der Waals surface area contributed by atoms with Crippen molar-refractivity contribution < 1.29 is 29.4 Å². The molecule has 0 aliphatic carbocycles. The van der Waals surface area contributed by atoms with E-state index < -0.39 is 19.6 Å². The number of hydrogen-bond acceptors (Lipinski definition) is 6. The minimum absolute atomic E-state index is 0. The van der Waals surface area contributed by atoms with Crippen molar-refractivity contribution in [2.75, 3.05) is 0 Å². The van der Waals surface area contributed by atoms with Crippen LogP contribution in [0.1, 0.15) is 0 Å². The molecule has 0 atom stereocenters. The summed E-state index contributed by atoms with van der Waals surface area (Å²) in [5.41, 5.74) is 0. The van der Waals surface area contributed by atoms with E-state index in [1.165, 1.54) is 18.8 Å². The fraction of sp³-hybridized carbons (Fsp3) is 0. The molecule has 0 spiro atoms. The monoisotopic (exact) mass is 362 g/mol. The van der Waals surface area contributed by atoms with Crippen LogP contribution in [0.5, 0.6) is 0 Å². The average molecular weight is 362 g/mol. The number of nitriles is 3. The van der Waals surface area contributed by atoms with E-state index in [-0.39, 0.29) is 51.4 Å². The molecule has 8 heteroatoms. The SMILES string of the molecule is N#C[O][Au]([O]C#N)[O]C#N.[K]. The molecule has 0 saturated carbocycles. The van der Waals surface area contributed by atoms with Crippen molar-refractivity contribution in [3.63, 3.8) is 0 Å². The molecule has 0 amide bonds. The first-order valence-electron chi connectivity index (χ1n) is 1.65. The molecule has 0 fully saturated rings. The molecule has 0 saturated heterocycles. The van der Waals surface area contributed by atoms with Crippen molar-refractivity contribution in [3.05, 3.63) is 0 Å². The van der Waals surface area contributed by atoms with Crippen LogP contribution in [-0.4, -0.2) is 51.4 Å². The molecule has 11 heavy (non-hydrogen) atoms. The summed E-state index contributed by atoms with van der Waals surface area (Å²) in [7, 11) is 0. The van der Waals surface area contributed by atoms with Gasteiger partial charge in [0.05, 0.1) is 0 Å². The quantitative estimate of drug-likeness (QED) is 0.494. The molecule has 0 aromatic heterocycles. The molecule has 57 valence electrons. The topological polar surface area (TPSA) is 99.1 Å². The van der Waals surface area contributed by atoms with Gasteiger partial charge in [0.2, 0.25) is 0 Å². The van der Waals surface area contributed by atoms with E-state index in [1.807, 2.05) is 0 Å². The summed E-state index contributed by atoms with van der Waals surface area (Å²) in [6.45, 7) is 0. The second-order valence-electron chi connectivity index (χ2n) is 0.609. The summed E-state index contributed by atoms with van der Waals surface area (Å²) in [4.78, 5) is 0. The molecule has 0 aliphatic heterocycles. The molecule has 0 aromatic carbocycles. The van der Waals surface area contributed by atoms with Crippen LogP contribution < -0.4 is 0 Å². The van der Waals surface area contributed by atoms with E-state index in [0.29, 0.717) is 0 Å². The molecule has 1 radical (unpaired) electrons. The normalized spacial score (nSPS) is 6.82. The van der Waals surface area contributed by atoms with Crippen molar-refractivity contribution in [3.8, 4) is 18.8 Å². The largest absolute Gasteiger partial charge is 0 e. The van der Waals surface area contributed by atoms with Gasteiger partial charge >= 0.3 is 63.9 Å². The van der Waals surface area contributed by atoms with Gasteiger partial charge in [-0.1, -0.05) is 0 Å². The molecule has 0 unspecified atom stereocenters. The molecule has 0 bridgehead atoms. The Bertz CT molecular complexity index is 177. The second-order valence-corrected chi connectivity index (χ2v) is 3.02. The van der Waals surface area contributed by atoms with E-state index in [0.717, 1.165) is 0 Å². The smallest absolute Gasteiger partial charge is 0 e. The summed E-state index contributed by atoms with van der Waals surface area (Å²) in [6, 6.07) is 0. The van der Waals surface area contributed by atoms with Crippen LogP contribution in [0.25, 0.3) is 0 Å². The Balaban J connectivity index is 0. The van der Waals surface area contributed by atoms with E-state index in [9.17, 15) is 0 Å². The molecule has 0 heterocycles. The number of hydrogen-bond donors (Lipinski definition) is 0. The van der Waals surface area contributed by atoms with Crippen molar-refractivity contribution in [2.45, 2.75) is 0 Å². The van der Waals surface area contributed by atoms with Crippen LogP contribution in [0, 0.1) is 34.6 Å². The number of nitrogens with zero attached hydrogens (tertiary/aromatic N) is 3. The average Bonchev–Trinajstić information content (AvgIpc) is 1.90. The maximum atomic E-state index is 7.88. The minimum Gasteiger partial charge on any atom is 0 e. The summed E-state index contributed by atoms with van der Waals surface area (Å²) in [5.74, 6) is 0. The second kappa shape index (κ2) is 10.2. The Kier molecular flexibility index (Phi) is 12.9. The van der Waals surface area contributed by atoms with Crippen LogP contribution in [0.15, 0.2) is 0 Å². The fourth-order valence-corrected chi connectivity index (χ4v) is 0.860. The molecule has 6 nitrogen and oxygen atoms in total. The van der Waals surface area contributed by atoms with Gasteiger partial charge in [-0.25, -0.2) is 0 Å². The molecular formula is C3AuKN3O3. The van der Waals surface area contributed by atoms with Crippen LogP contribution in [0.4, 0.5) is 0 Å². The van der Waals surface area contributed by atoms with Gasteiger partial charge in [0.1, 0.15) is 0 Å². The summed E-state index contributed by atoms with van der Waals surface area (Å²) in [5, 5.41) is 23.6. The fourth-order valence-electron chi connectivity index (χ4n) is 0.105. The molecule has 0 N–H and O–H groups in total. The summed E-state index contributed by atoms with van der Waals surface area (Å²) < 4.78 is 12.3. The predicted molar refractivity (Wildman–Crippen MR) is 25.8 cm³/mol. The Morgan fingerprint density at radius 1 is 0.818 bits per heavy atom. The molecule has 0 rings (SSSR count). The first kappa shape index (κ1) is 13.8. The van der Waals surface area contributed by atoms with Gasteiger partial charge in [-0.15, -0.1) is 0 Å². The third-order valence-corrected chi connectivity index (χ3v) is 1.91. The van der Waals surface area contributed by atoms with Crippen LogP contribution >= 0.6 is 0 Å². The van der Waals surface area contributed by atoms with Gasteiger partial charge in [-0.3, -0.25) is 0 Å². The Hall–Kier alpha value is 0.247. The standard InChI is InChI=1S/3CHNO.Au.K/c3*2-1-3;;/h3*3H;;/q;;;+3;/p-3. The zero-order valence-electron chi connectivity index (χ0n) is 5.37. The van der Waals surface area contributed by atoms with Gasteiger partial charge in [0.15, 0.2) is 0 Å². The van der Waals surface area contributed by atoms with Crippen LogP contribution in [0.3, 0.4) is 0 Å². The Labute approximate surface area is 113 Å². The first-order valence-corrected chi connectivity index (χ1v) is 4.31.